The average Bonchev–Trinajstić information content (AvgIpc) is 2.33. The maximum Gasteiger partial charge on any atom is 0.107 e. The number of rotatable bonds is 0. The van der Waals surface area contributed by atoms with Gasteiger partial charge in [0.2, 0.25) is 0 Å². The molecule has 0 bridgehead atoms. The van der Waals surface area contributed by atoms with E-state index in [1.54, 1.807) is 0 Å². The van der Waals surface area contributed by atoms with Crippen LogP contribution in [0.2, 0.25) is 0 Å². The van der Waals surface area contributed by atoms with Gasteiger partial charge >= 0.3 is 0 Å². The molecule has 0 aromatic carbocycles. The first-order valence-corrected chi connectivity index (χ1v) is 5.57. The van der Waals surface area contributed by atoms with Gasteiger partial charge in [-0.3, -0.25) is 0 Å². The second-order valence-electron chi connectivity index (χ2n) is 2.81. The van der Waals surface area contributed by atoms with Gasteiger partial charge < -0.3 is 0 Å². The Hall–Kier alpha value is 0.100. The molecule has 1 aromatic heterocycles. The van der Waals surface area contributed by atoms with E-state index >= 15 is 0 Å². The number of hydrogen-bond donors (Lipinski definition) is 0. The highest BCUT2D eigenvalue weighted by Gasteiger charge is 2.15. The van der Waals surface area contributed by atoms with Crippen molar-refractivity contribution in [3.8, 4) is 0 Å². The molecule has 1 aromatic rings. The molecule has 3 heteroatoms. The minimum absolute atomic E-state index is 0.934. The summed E-state index contributed by atoms with van der Waals surface area (Å²) >= 11 is 5.77. The molecule has 1 aliphatic rings. The summed E-state index contributed by atoms with van der Waals surface area (Å²) in [5.41, 5.74) is 3.86. The fourth-order valence-electron chi connectivity index (χ4n) is 1.43. The molecule has 0 unspecified atom stereocenters. The summed E-state index contributed by atoms with van der Waals surface area (Å²) in [7, 11) is 0. The molecule has 1 heterocycles. The number of aryl methyl sites for hydroxylation is 1. The first-order chi connectivity index (χ1) is 5.68. The molecular weight excluding hydrogens is 329 g/mol. The quantitative estimate of drug-likeness (QED) is 0.522. The van der Waals surface area contributed by atoms with Crippen LogP contribution in [-0.4, -0.2) is 4.98 Å². The number of allylic oxidation sites excluding steroid dienone is 1. The lowest BCUT2D eigenvalue weighted by Gasteiger charge is -2.04. The Morgan fingerprint density at radius 2 is 2.33 bits per heavy atom. The van der Waals surface area contributed by atoms with Gasteiger partial charge in [0.25, 0.3) is 0 Å². The molecule has 0 amide bonds. The number of pyridine rings is 1. The summed E-state index contributed by atoms with van der Waals surface area (Å²) in [5.74, 6) is 0. The zero-order valence-corrected chi connectivity index (χ0v) is 10.3. The SMILES string of the molecule is Cc1nc(Br)cc2c1CC=C2I. The number of nitrogens with zero attached hydrogens (tertiary/aromatic N) is 1. The Kier molecular flexibility index (Phi) is 2.25. The average molecular weight is 336 g/mol. The summed E-state index contributed by atoms with van der Waals surface area (Å²) in [6.07, 6.45) is 3.28. The van der Waals surface area contributed by atoms with Crippen molar-refractivity contribution in [3.63, 3.8) is 0 Å². The van der Waals surface area contributed by atoms with Gasteiger partial charge in [-0.15, -0.1) is 0 Å². The molecule has 2 rings (SSSR count). The molecule has 0 saturated carbocycles. The van der Waals surface area contributed by atoms with Crippen molar-refractivity contribution in [2.24, 2.45) is 0 Å². The van der Waals surface area contributed by atoms with E-state index in [4.69, 9.17) is 0 Å². The summed E-state index contributed by atoms with van der Waals surface area (Å²) < 4.78 is 2.28. The van der Waals surface area contributed by atoms with Gasteiger partial charge in [-0.25, -0.2) is 4.98 Å². The second-order valence-corrected chi connectivity index (χ2v) is 4.79. The maximum absolute atomic E-state index is 4.36. The highest BCUT2D eigenvalue weighted by molar-refractivity contribution is 14.1. The van der Waals surface area contributed by atoms with E-state index in [1.807, 2.05) is 0 Å². The van der Waals surface area contributed by atoms with Crippen molar-refractivity contribution in [3.05, 3.63) is 33.6 Å². The fraction of sp³-hybridized carbons (Fsp3) is 0.222. The highest BCUT2D eigenvalue weighted by atomic mass is 127. The van der Waals surface area contributed by atoms with Gasteiger partial charge in [0.15, 0.2) is 0 Å². The number of aromatic nitrogens is 1. The smallest absolute Gasteiger partial charge is 0.107 e. The van der Waals surface area contributed by atoms with Gasteiger partial charge in [0, 0.05) is 9.27 Å². The molecule has 1 nitrogen and oxygen atoms in total. The molecule has 12 heavy (non-hydrogen) atoms. The van der Waals surface area contributed by atoms with E-state index in [0.29, 0.717) is 0 Å². The Morgan fingerprint density at radius 3 is 3.08 bits per heavy atom. The van der Waals surface area contributed by atoms with E-state index in [9.17, 15) is 0 Å². The lowest BCUT2D eigenvalue weighted by Crippen LogP contribution is -1.92. The van der Waals surface area contributed by atoms with Crippen LogP contribution in [0.4, 0.5) is 0 Å². The lowest BCUT2D eigenvalue weighted by molar-refractivity contribution is 1.09. The number of fused-ring (bicyclic) bond motifs is 1. The molecule has 0 atom stereocenters. The topological polar surface area (TPSA) is 12.9 Å². The van der Waals surface area contributed by atoms with Gasteiger partial charge in [0.1, 0.15) is 4.60 Å². The van der Waals surface area contributed by atoms with E-state index in [0.717, 1.165) is 16.7 Å². The van der Waals surface area contributed by atoms with E-state index in [-0.39, 0.29) is 0 Å². The summed E-state index contributed by atoms with van der Waals surface area (Å²) in [4.78, 5) is 4.36. The van der Waals surface area contributed by atoms with Crippen LogP contribution < -0.4 is 0 Å². The molecular formula is C9H7BrIN. The standard InChI is InChI=1S/C9H7BrIN/c1-5-6-2-3-8(11)7(6)4-9(10)12-5/h3-4H,2H2,1H3. The van der Waals surface area contributed by atoms with Crippen LogP contribution >= 0.6 is 38.5 Å². The van der Waals surface area contributed by atoms with E-state index in [2.05, 4.69) is 62.6 Å². The molecule has 0 saturated heterocycles. The maximum atomic E-state index is 4.36. The predicted octanol–water partition coefficient (Wildman–Crippen LogP) is 3.48. The summed E-state index contributed by atoms with van der Waals surface area (Å²) in [6.45, 7) is 2.06. The van der Waals surface area contributed by atoms with Crippen molar-refractivity contribution < 1.29 is 0 Å². The van der Waals surface area contributed by atoms with Crippen molar-refractivity contribution in [2.75, 3.05) is 0 Å². The van der Waals surface area contributed by atoms with Crippen molar-refractivity contribution in [1.82, 2.24) is 4.98 Å². The Balaban J connectivity index is 2.67. The molecule has 0 fully saturated rings. The van der Waals surface area contributed by atoms with Crippen LogP contribution in [0.1, 0.15) is 16.8 Å². The summed E-state index contributed by atoms with van der Waals surface area (Å²) in [5, 5.41) is 0. The third-order valence-corrected chi connectivity index (χ3v) is 3.47. The Morgan fingerprint density at radius 1 is 1.58 bits per heavy atom. The first kappa shape index (κ1) is 8.69. The van der Waals surface area contributed by atoms with Gasteiger partial charge in [-0.2, -0.15) is 0 Å². The highest BCUT2D eigenvalue weighted by Crippen LogP contribution is 2.34. The largest absolute Gasteiger partial charge is 0.246 e. The van der Waals surface area contributed by atoms with Gasteiger partial charge in [-0.05, 0) is 69.1 Å². The molecule has 62 valence electrons. The molecule has 0 aliphatic heterocycles. The zero-order chi connectivity index (χ0) is 8.72. The Bertz CT molecular complexity index is 371. The van der Waals surface area contributed by atoms with Crippen LogP contribution in [0.3, 0.4) is 0 Å². The van der Waals surface area contributed by atoms with Crippen LogP contribution in [-0.2, 0) is 6.42 Å². The number of halogens is 2. The van der Waals surface area contributed by atoms with Crippen LogP contribution in [0, 0.1) is 6.92 Å². The molecule has 0 N–H and O–H groups in total. The fourth-order valence-corrected chi connectivity index (χ4v) is 2.63. The van der Waals surface area contributed by atoms with E-state index in [1.165, 1.54) is 14.7 Å². The summed E-state index contributed by atoms with van der Waals surface area (Å²) in [6, 6.07) is 2.09. The van der Waals surface area contributed by atoms with Crippen molar-refractivity contribution >= 4 is 42.1 Å². The number of hydrogen-bond acceptors (Lipinski definition) is 1. The third kappa shape index (κ3) is 1.33. The Labute approximate surface area is 93.5 Å². The first-order valence-electron chi connectivity index (χ1n) is 3.70. The van der Waals surface area contributed by atoms with Crippen LogP contribution in [0.5, 0.6) is 0 Å². The van der Waals surface area contributed by atoms with E-state index < -0.39 is 0 Å². The second kappa shape index (κ2) is 3.10. The lowest BCUT2D eigenvalue weighted by atomic mass is 10.1. The monoisotopic (exact) mass is 335 g/mol. The normalized spacial score (nSPS) is 14.4. The third-order valence-electron chi connectivity index (χ3n) is 2.04. The van der Waals surface area contributed by atoms with Crippen LogP contribution in [0.25, 0.3) is 3.58 Å². The molecule has 1 aliphatic carbocycles. The van der Waals surface area contributed by atoms with Crippen molar-refractivity contribution in [1.29, 1.82) is 0 Å². The minimum atomic E-state index is 0.934. The predicted molar refractivity (Wildman–Crippen MR) is 62.4 cm³/mol. The van der Waals surface area contributed by atoms with Gasteiger partial charge in [-0.1, -0.05) is 6.08 Å². The molecule has 0 radical (unpaired) electrons. The van der Waals surface area contributed by atoms with Crippen molar-refractivity contribution in [2.45, 2.75) is 13.3 Å². The molecule has 0 spiro atoms. The van der Waals surface area contributed by atoms with Crippen LogP contribution in [0.15, 0.2) is 16.7 Å². The van der Waals surface area contributed by atoms with Gasteiger partial charge in [0.05, 0.1) is 0 Å². The minimum Gasteiger partial charge on any atom is -0.246 e. The zero-order valence-electron chi connectivity index (χ0n) is 6.56.